The Morgan fingerprint density at radius 2 is 1.78 bits per heavy atom. The quantitative estimate of drug-likeness (QED) is 0.373. The summed E-state index contributed by atoms with van der Waals surface area (Å²) >= 11 is 0. The molecule has 0 aliphatic heterocycles. The van der Waals surface area contributed by atoms with Gasteiger partial charge >= 0.3 is 0 Å². The van der Waals surface area contributed by atoms with Crippen molar-refractivity contribution in [1.29, 1.82) is 0 Å². The highest BCUT2D eigenvalue weighted by Gasteiger charge is 2.13. The fraction of sp³-hybridized carbons (Fsp3) is 0.208. The summed E-state index contributed by atoms with van der Waals surface area (Å²) in [6.07, 6.45) is 6.16. The van der Waals surface area contributed by atoms with Gasteiger partial charge in [-0.05, 0) is 67.3 Å². The Bertz CT molecular complexity index is 1190. The van der Waals surface area contributed by atoms with Gasteiger partial charge in [-0.1, -0.05) is 37.6 Å². The normalized spacial score (nSPS) is 11.8. The number of carbonyl (C=O) groups is 1. The van der Waals surface area contributed by atoms with Crippen molar-refractivity contribution in [3.8, 4) is 0 Å². The number of benzene rings is 2. The van der Waals surface area contributed by atoms with Gasteiger partial charge in [0.15, 0.2) is 0 Å². The number of carbonyl (C=O) groups excluding carboxylic acids is 1. The van der Waals surface area contributed by atoms with E-state index < -0.39 is 10.0 Å². The first-order valence-electron chi connectivity index (χ1n) is 10.4. The van der Waals surface area contributed by atoms with Crippen LogP contribution in [0.3, 0.4) is 0 Å². The third-order valence-corrected chi connectivity index (χ3v) is 6.07. The van der Waals surface area contributed by atoms with Crippen molar-refractivity contribution in [2.45, 2.75) is 38.0 Å². The SMILES string of the molecule is CCCCc1ccc(S(=O)(=O)N/N=C(/C)c2cccc(NC(=O)c3cccnc3)c2)cc1. The van der Waals surface area contributed by atoms with Crippen molar-refractivity contribution < 1.29 is 13.2 Å². The highest BCUT2D eigenvalue weighted by molar-refractivity contribution is 7.89. The largest absolute Gasteiger partial charge is 0.322 e. The van der Waals surface area contributed by atoms with E-state index in [1.807, 2.05) is 12.1 Å². The molecule has 0 saturated heterocycles. The molecule has 3 aromatic rings. The predicted molar refractivity (Wildman–Crippen MR) is 126 cm³/mol. The number of aryl methyl sites for hydroxylation is 1. The first-order valence-corrected chi connectivity index (χ1v) is 11.8. The van der Waals surface area contributed by atoms with Crippen molar-refractivity contribution in [3.05, 3.63) is 89.7 Å². The summed E-state index contributed by atoms with van der Waals surface area (Å²) in [6.45, 7) is 3.81. The fourth-order valence-electron chi connectivity index (χ4n) is 2.98. The zero-order valence-electron chi connectivity index (χ0n) is 18.1. The molecule has 0 aliphatic rings. The molecule has 1 amide bonds. The molecule has 3 rings (SSSR count). The Labute approximate surface area is 188 Å². The number of rotatable bonds is 9. The Morgan fingerprint density at radius 1 is 1.03 bits per heavy atom. The molecular weight excluding hydrogens is 424 g/mol. The number of anilines is 1. The minimum atomic E-state index is -3.78. The van der Waals surface area contributed by atoms with E-state index in [0.717, 1.165) is 24.8 Å². The first-order chi connectivity index (χ1) is 15.4. The van der Waals surface area contributed by atoms with Crippen molar-refractivity contribution >= 4 is 27.3 Å². The molecule has 0 radical (unpaired) electrons. The van der Waals surface area contributed by atoms with Gasteiger partial charge in [0, 0.05) is 18.1 Å². The van der Waals surface area contributed by atoms with Crippen LogP contribution in [0.4, 0.5) is 5.69 Å². The molecule has 2 aromatic carbocycles. The number of nitrogens with one attached hydrogen (secondary N) is 2. The van der Waals surface area contributed by atoms with Gasteiger partial charge in [0.25, 0.3) is 15.9 Å². The van der Waals surface area contributed by atoms with Crippen LogP contribution in [0.25, 0.3) is 0 Å². The summed E-state index contributed by atoms with van der Waals surface area (Å²) in [4.78, 5) is 18.7. The van der Waals surface area contributed by atoms with Gasteiger partial charge in [-0.25, -0.2) is 0 Å². The van der Waals surface area contributed by atoms with Crippen LogP contribution in [-0.4, -0.2) is 25.0 Å². The Kier molecular flexibility index (Phi) is 7.72. The molecule has 32 heavy (non-hydrogen) atoms. The molecule has 2 N–H and O–H groups in total. The van der Waals surface area contributed by atoms with Crippen LogP contribution >= 0.6 is 0 Å². The lowest BCUT2D eigenvalue weighted by Gasteiger charge is -2.09. The molecule has 7 nitrogen and oxygen atoms in total. The highest BCUT2D eigenvalue weighted by Crippen LogP contribution is 2.15. The van der Waals surface area contributed by atoms with Crippen LogP contribution in [0, 0.1) is 0 Å². The second kappa shape index (κ2) is 10.7. The molecule has 0 unspecified atom stereocenters. The number of hydrogen-bond donors (Lipinski definition) is 2. The molecule has 0 spiro atoms. The molecule has 166 valence electrons. The van der Waals surface area contributed by atoms with Crippen LogP contribution in [0.2, 0.25) is 0 Å². The Balaban J connectivity index is 1.69. The minimum absolute atomic E-state index is 0.159. The number of hydrazone groups is 1. The van der Waals surface area contributed by atoms with E-state index >= 15 is 0 Å². The first kappa shape index (κ1) is 23.1. The van der Waals surface area contributed by atoms with Gasteiger partial charge in [-0.15, -0.1) is 0 Å². The van der Waals surface area contributed by atoms with Crippen molar-refractivity contribution in [2.24, 2.45) is 5.10 Å². The van der Waals surface area contributed by atoms with Crippen molar-refractivity contribution in [3.63, 3.8) is 0 Å². The zero-order valence-corrected chi connectivity index (χ0v) is 18.9. The highest BCUT2D eigenvalue weighted by atomic mass is 32.2. The molecular formula is C24H26N4O3S. The van der Waals surface area contributed by atoms with E-state index in [1.54, 1.807) is 61.7 Å². The van der Waals surface area contributed by atoms with E-state index in [-0.39, 0.29) is 10.8 Å². The fourth-order valence-corrected chi connectivity index (χ4v) is 3.84. The van der Waals surface area contributed by atoms with Gasteiger partial charge in [0.2, 0.25) is 0 Å². The topological polar surface area (TPSA) is 101 Å². The van der Waals surface area contributed by atoms with Crippen LogP contribution < -0.4 is 10.1 Å². The number of nitrogens with zero attached hydrogens (tertiary/aromatic N) is 2. The van der Waals surface area contributed by atoms with Crippen LogP contribution in [0.5, 0.6) is 0 Å². The Hall–Kier alpha value is -3.52. The number of unbranched alkanes of at least 4 members (excludes halogenated alkanes) is 1. The number of pyridine rings is 1. The molecule has 8 heteroatoms. The van der Waals surface area contributed by atoms with E-state index in [2.05, 4.69) is 27.2 Å². The van der Waals surface area contributed by atoms with Gasteiger partial charge in [0.05, 0.1) is 16.2 Å². The lowest BCUT2D eigenvalue weighted by atomic mass is 10.1. The monoisotopic (exact) mass is 450 g/mol. The molecule has 0 saturated carbocycles. The van der Waals surface area contributed by atoms with Gasteiger partial charge in [0.1, 0.15) is 0 Å². The molecule has 0 bridgehead atoms. The van der Waals surface area contributed by atoms with Gasteiger partial charge in [-0.2, -0.15) is 18.4 Å². The third-order valence-electron chi connectivity index (χ3n) is 4.85. The van der Waals surface area contributed by atoms with E-state index in [1.165, 1.54) is 6.20 Å². The second-order valence-electron chi connectivity index (χ2n) is 7.32. The predicted octanol–water partition coefficient (Wildman–Crippen LogP) is 4.38. The standard InChI is InChI=1S/C24H26N4O3S/c1-3-4-7-19-11-13-23(14-12-19)32(30,31)28-27-18(2)20-8-5-10-22(16-20)26-24(29)21-9-6-15-25-17-21/h5-6,8-17,28H,3-4,7H2,1-2H3,(H,26,29)/b27-18-. The Morgan fingerprint density at radius 3 is 2.47 bits per heavy atom. The summed E-state index contributed by atoms with van der Waals surface area (Å²) in [5.74, 6) is -0.284. The van der Waals surface area contributed by atoms with Gasteiger partial charge < -0.3 is 5.32 Å². The average molecular weight is 451 g/mol. The maximum Gasteiger partial charge on any atom is 0.276 e. The third kappa shape index (κ3) is 6.24. The number of amides is 1. The summed E-state index contributed by atoms with van der Waals surface area (Å²) in [6, 6.07) is 17.2. The minimum Gasteiger partial charge on any atom is -0.322 e. The van der Waals surface area contributed by atoms with Crippen LogP contribution in [-0.2, 0) is 16.4 Å². The average Bonchev–Trinajstić information content (AvgIpc) is 2.82. The van der Waals surface area contributed by atoms with E-state index in [9.17, 15) is 13.2 Å². The van der Waals surface area contributed by atoms with Gasteiger partial charge in [-0.3, -0.25) is 9.78 Å². The van der Waals surface area contributed by atoms with Crippen molar-refractivity contribution in [2.75, 3.05) is 5.32 Å². The molecule has 1 heterocycles. The van der Waals surface area contributed by atoms with E-state index in [0.29, 0.717) is 22.5 Å². The summed E-state index contributed by atoms with van der Waals surface area (Å²) in [7, 11) is -3.78. The number of hydrogen-bond acceptors (Lipinski definition) is 5. The van der Waals surface area contributed by atoms with Crippen LogP contribution in [0.15, 0.2) is 83.1 Å². The zero-order chi connectivity index (χ0) is 23.0. The maximum atomic E-state index is 12.6. The smallest absolute Gasteiger partial charge is 0.276 e. The van der Waals surface area contributed by atoms with Crippen LogP contribution in [0.1, 0.15) is 48.2 Å². The molecule has 1 aromatic heterocycles. The lowest BCUT2D eigenvalue weighted by molar-refractivity contribution is 0.102. The van der Waals surface area contributed by atoms with Crippen molar-refractivity contribution in [1.82, 2.24) is 9.82 Å². The number of sulfonamides is 1. The summed E-state index contributed by atoms with van der Waals surface area (Å²) in [5, 5.41) is 6.85. The summed E-state index contributed by atoms with van der Waals surface area (Å²) in [5.41, 5.74) is 3.25. The number of aromatic nitrogens is 1. The lowest BCUT2D eigenvalue weighted by Crippen LogP contribution is -2.20. The van der Waals surface area contributed by atoms with E-state index in [4.69, 9.17) is 0 Å². The maximum absolute atomic E-state index is 12.6. The molecule has 0 fully saturated rings. The summed E-state index contributed by atoms with van der Waals surface area (Å²) < 4.78 is 25.2. The molecule has 0 aliphatic carbocycles. The second-order valence-corrected chi connectivity index (χ2v) is 8.98. The molecule has 0 atom stereocenters.